The van der Waals surface area contributed by atoms with Crippen molar-refractivity contribution in [2.45, 2.75) is 51.5 Å². The van der Waals surface area contributed by atoms with Crippen LogP contribution in [0.5, 0.6) is 0 Å². The number of aryl methyl sites for hydroxylation is 4. The number of ether oxygens (including phenoxy) is 1. The van der Waals surface area contributed by atoms with Gasteiger partial charge in [0.25, 0.3) is 0 Å². The third-order valence-electron chi connectivity index (χ3n) is 5.96. The minimum Gasteiger partial charge on any atom is -0.382 e. The van der Waals surface area contributed by atoms with Crippen LogP contribution in [0.1, 0.15) is 47.6 Å². The number of rotatable bonds is 4. The molecule has 2 aromatic rings. The van der Waals surface area contributed by atoms with E-state index in [4.69, 9.17) is 9.84 Å². The molecule has 3 nitrogen and oxygen atoms in total. The standard InChI is InChI=1S/C24H30N2O/c1-18(25-26-15-3-4-23(26)17-27-2)24-16-21-10-9-19-5-7-20(8-6-19)11-13-22(24)14-12-21/h5-8,12,14,16,23H,3-4,9-11,13,15,17H2,1-2H3/b25-18+/t23-/m1/s1. The molecule has 0 radical (unpaired) electrons. The first-order valence-electron chi connectivity index (χ1n) is 10.2. The molecule has 0 aromatic heterocycles. The highest BCUT2D eigenvalue weighted by atomic mass is 16.5. The summed E-state index contributed by atoms with van der Waals surface area (Å²) >= 11 is 0. The minimum absolute atomic E-state index is 0.417. The van der Waals surface area contributed by atoms with E-state index in [0.717, 1.165) is 44.5 Å². The molecule has 1 saturated heterocycles. The van der Waals surface area contributed by atoms with E-state index in [1.165, 1.54) is 40.7 Å². The zero-order chi connectivity index (χ0) is 18.6. The van der Waals surface area contributed by atoms with Crippen LogP contribution in [0, 0.1) is 0 Å². The molecule has 142 valence electrons. The molecule has 4 aliphatic carbocycles. The van der Waals surface area contributed by atoms with E-state index in [-0.39, 0.29) is 0 Å². The maximum Gasteiger partial charge on any atom is 0.0704 e. The van der Waals surface area contributed by atoms with Crippen molar-refractivity contribution in [3.8, 4) is 0 Å². The summed E-state index contributed by atoms with van der Waals surface area (Å²) in [4.78, 5) is 0. The summed E-state index contributed by atoms with van der Waals surface area (Å²) < 4.78 is 5.39. The molecule has 0 saturated carbocycles. The topological polar surface area (TPSA) is 24.8 Å². The van der Waals surface area contributed by atoms with Crippen LogP contribution in [0.3, 0.4) is 0 Å². The quantitative estimate of drug-likeness (QED) is 0.753. The Kier molecular flexibility index (Phi) is 5.58. The molecular formula is C24H30N2O. The third kappa shape index (κ3) is 4.24. The molecule has 0 spiro atoms. The summed E-state index contributed by atoms with van der Waals surface area (Å²) in [5.74, 6) is 0. The van der Waals surface area contributed by atoms with E-state index in [1.54, 1.807) is 7.11 Å². The van der Waals surface area contributed by atoms with Crippen molar-refractivity contribution in [2.24, 2.45) is 5.10 Å². The molecule has 0 N–H and O–H groups in total. The van der Waals surface area contributed by atoms with Crippen molar-refractivity contribution in [1.29, 1.82) is 0 Å². The molecule has 1 fully saturated rings. The van der Waals surface area contributed by atoms with E-state index in [1.807, 2.05) is 0 Å². The maximum absolute atomic E-state index is 5.39. The Labute approximate surface area is 163 Å². The van der Waals surface area contributed by atoms with Gasteiger partial charge in [0.2, 0.25) is 0 Å². The monoisotopic (exact) mass is 362 g/mol. The predicted octanol–water partition coefficient (Wildman–Crippen LogP) is 4.41. The van der Waals surface area contributed by atoms with Gasteiger partial charge in [-0.2, -0.15) is 5.10 Å². The summed E-state index contributed by atoms with van der Waals surface area (Å²) in [6, 6.07) is 16.6. The van der Waals surface area contributed by atoms with Crippen molar-refractivity contribution < 1.29 is 4.74 Å². The molecule has 7 rings (SSSR count). The Hall–Kier alpha value is -2.13. The van der Waals surface area contributed by atoms with Gasteiger partial charge in [0.1, 0.15) is 0 Å². The van der Waals surface area contributed by atoms with Crippen LogP contribution >= 0.6 is 0 Å². The van der Waals surface area contributed by atoms with Gasteiger partial charge in [0.15, 0.2) is 0 Å². The summed E-state index contributed by atoms with van der Waals surface area (Å²) in [5.41, 5.74) is 8.12. The van der Waals surface area contributed by atoms with Crippen molar-refractivity contribution in [3.05, 3.63) is 70.3 Å². The highest BCUT2D eigenvalue weighted by Crippen LogP contribution is 2.22. The average molecular weight is 363 g/mol. The second kappa shape index (κ2) is 8.26. The largest absolute Gasteiger partial charge is 0.382 e. The molecule has 27 heavy (non-hydrogen) atoms. The van der Waals surface area contributed by atoms with Gasteiger partial charge in [0.05, 0.1) is 18.4 Å². The van der Waals surface area contributed by atoms with Crippen molar-refractivity contribution >= 4 is 5.71 Å². The fourth-order valence-electron chi connectivity index (χ4n) is 4.33. The van der Waals surface area contributed by atoms with Gasteiger partial charge in [-0.3, -0.25) is 5.01 Å². The average Bonchev–Trinajstić information content (AvgIpc) is 3.11. The summed E-state index contributed by atoms with van der Waals surface area (Å²) in [7, 11) is 1.78. The Morgan fingerprint density at radius 2 is 1.67 bits per heavy atom. The van der Waals surface area contributed by atoms with Crippen molar-refractivity contribution in [3.63, 3.8) is 0 Å². The molecule has 1 heterocycles. The van der Waals surface area contributed by atoms with E-state index in [0.29, 0.717) is 6.04 Å². The lowest BCUT2D eigenvalue weighted by Crippen LogP contribution is -2.29. The first kappa shape index (κ1) is 18.2. The van der Waals surface area contributed by atoms with Gasteiger partial charge >= 0.3 is 0 Å². The highest BCUT2D eigenvalue weighted by Gasteiger charge is 2.23. The number of nitrogens with zero attached hydrogens (tertiary/aromatic N) is 2. The lowest BCUT2D eigenvalue weighted by Gasteiger charge is -2.22. The number of hydrazone groups is 1. The molecule has 0 amide bonds. The fraction of sp³-hybridized carbons (Fsp3) is 0.458. The first-order valence-corrected chi connectivity index (χ1v) is 10.2. The minimum atomic E-state index is 0.417. The van der Waals surface area contributed by atoms with Crippen LogP contribution in [-0.4, -0.2) is 37.0 Å². The number of hydrogen-bond acceptors (Lipinski definition) is 3. The highest BCUT2D eigenvalue weighted by molar-refractivity contribution is 6.00. The van der Waals surface area contributed by atoms with E-state index in [9.17, 15) is 0 Å². The zero-order valence-electron chi connectivity index (χ0n) is 16.6. The summed E-state index contributed by atoms with van der Waals surface area (Å²) in [6.45, 7) is 3.97. The number of benzene rings is 2. The van der Waals surface area contributed by atoms with Crippen LogP contribution < -0.4 is 0 Å². The summed E-state index contributed by atoms with van der Waals surface area (Å²) in [6.07, 6.45) is 6.69. The smallest absolute Gasteiger partial charge is 0.0704 e. The van der Waals surface area contributed by atoms with Crippen LogP contribution in [0.25, 0.3) is 0 Å². The zero-order valence-corrected chi connectivity index (χ0v) is 16.6. The molecule has 1 aliphatic heterocycles. The second-order valence-corrected chi connectivity index (χ2v) is 7.91. The van der Waals surface area contributed by atoms with Crippen molar-refractivity contribution in [1.82, 2.24) is 5.01 Å². The molecule has 2 aromatic carbocycles. The van der Waals surface area contributed by atoms with E-state index >= 15 is 0 Å². The van der Waals surface area contributed by atoms with Gasteiger partial charge in [-0.25, -0.2) is 0 Å². The Balaban J connectivity index is 1.63. The Morgan fingerprint density at radius 3 is 2.41 bits per heavy atom. The second-order valence-electron chi connectivity index (χ2n) is 7.91. The van der Waals surface area contributed by atoms with Crippen LogP contribution in [0.2, 0.25) is 0 Å². The van der Waals surface area contributed by atoms with E-state index in [2.05, 4.69) is 54.4 Å². The molecule has 0 unspecified atom stereocenters. The van der Waals surface area contributed by atoms with Crippen LogP contribution in [0.4, 0.5) is 0 Å². The normalized spacial score (nSPS) is 20.0. The Morgan fingerprint density at radius 1 is 1.00 bits per heavy atom. The lowest BCUT2D eigenvalue weighted by atomic mass is 9.92. The molecular weight excluding hydrogens is 332 g/mol. The maximum atomic E-state index is 5.39. The predicted molar refractivity (Wildman–Crippen MR) is 112 cm³/mol. The van der Waals surface area contributed by atoms with E-state index < -0.39 is 0 Å². The molecule has 1 atom stereocenters. The summed E-state index contributed by atoms with van der Waals surface area (Å²) in [5, 5.41) is 7.27. The van der Waals surface area contributed by atoms with Gasteiger partial charge in [-0.05, 0) is 73.8 Å². The van der Waals surface area contributed by atoms with Gasteiger partial charge in [-0.1, -0.05) is 36.4 Å². The van der Waals surface area contributed by atoms with Crippen molar-refractivity contribution in [2.75, 3.05) is 20.3 Å². The molecule has 3 heteroatoms. The fourth-order valence-corrected chi connectivity index (χ4v) is 4.33. The molecule has 4 bridgehead atoms. The number of methoxy groups -OCH3 is 1. The van der Waals surface area contributed by atoms with Gasteiger partial charge < -0.3 is 4.74 Å². The lowest BCUT2D eigenvalue weighted by molar-refractivity contribution is 0.118. The van der Waals surface area contributed by atoms with Gasteiger partial charge in [0, 0.05) is 19.2 Å². The SMILES string of the molecule is COC[C@H]1CCCN1/N=C(\C)c1cc2ccc1CCc1ccc(cc1)CC2. The third-order valence-corrected chi connectivity index (χ3v) is 5.96. The first-order chi connectivity index (χ1) is 13.2. The Bertz CT molecular complexity index is 810. The van der Waals surface area contributed by atoms with Crippen LogP contribution in [-0.2, 0) is 30.4 Å². The van der Waals surface area contributed by atoms with Crippen LogP contribution in [0.15, 0.2) is 47.6 Å². The molecule has 5 aliphatic rings. The number of hydrogen-bond donors (Lipinski definition) is 0. The van der Waals surface area contributed by atoms with Gasteiger partial charge in [-0.15, -0.1) is 0 Å².